The Morgan fingerprint density at radius 1 is 1.07 bits per heavy atom. The molecule has 0 saturated heterocycles. The molecule has 0 amide bonds. The number of hydrogen-bond acceptors (Lipinski definition) is 0. The molecule has 0 bridgehead atoms. The minimum Gasteiger partial charge on any atom is -0.0651 e. The van der Waals surface area contributed by atoms with Crippen molar-refractivity contribution in [2.24, 2.45) is 17.3 Å². The largest absolute Gasteiger partial charge is 0.0651 e. The Morgan fingerprint density at radius 2 is 1.64 bits per heavy atom. The van der Waals surface area contributed by atoms with Crippen LogP contribution in [0.1, 0.15) is 72.6 Å². The van der Waals surface area contributed by atoms with E-state index in [1.165, 1.54) is 44.9 Å². The first-order valence-electron chi connectivity index (χ1n) is 6.61. The van der Waals surface area contributed by atoms with Crippen molar-refractivity contribution < 1.29 is 0 Å². The van der Waals surface area contributed by atoms with E-state index in [1.807, 2.05) is 0 Å². The second-order valence-corrected chi connectivity index (χ2v) is 5.75. The van der Waals surface area contributed by atoms with Crippen LogP contribution < -0.4 is 0 Å². The van der Waals surface area contributed by atoms with E-state index in [-0.39, 0.29) is 0 Å². The van der Waals surface area contributed by atoms with Gasteiger partial charge in [-0.3, -0.25) is 0 Å². The first-order chi connectivity index (χ1) is 6.61. The molecule has 14 heavy (non-hydrogen) atoms. The molecule has 1 rings (SSSR count). The van der Waals surface area contributed by atoms with Crippen LogP contribution in [-0.2, 0) is 0 Å². The minimum atomic E-state index is 0.566. The van der Waals surface area contributed by atoms with E-state index < -0.39 is 0 Å². The highest BCUT2D eigenvalue weighted by atomic mass is 14.4. The van der Waals surface area contributed by atoms with Crippen LogP contribution in [0, 0.1) is 17.3 Å². The zero-order chi connectivity index (χ0) is 10.6. The van der Waals surface area contributed by atoms with Crippen LogP contribution in [0.25, 0.3) is 0 Å². The van der Waals surface area contributed by atoms with Gasteiger partial charge in [-0.05, 0) is 17.3 Å². The summed E-state index contributed by atoms with van der Waals surface area (Å²) in [6.45, 7) is 9.67. The maximum absolute atomic E-state index is 2.47. The van der Waals surface area contributed by atoms with Gasteiger partial charge in [-0.15, -0.1) is 0 Å². The molecule has 0 nitrogen and oxygen atoms in total. The molecule has 1 aliphatic carbocycles. The van der Waals surface area contributed by atoms with Gasteiger partial charge in [0.25, 0.3) is 0 Å². The van der Waals surface area contributed by atoms with E-state index in [0.29, 0.717) is 5.41 Å². The molecule has 1 aliphatic rings. The first-order valence-corrected chi connectivity index (χ1v) is 6.61. The van der Waals surface area contributed by atoms with Gasteiger partial charge in [-0.2, -0.15) is 0 Å². The Hall–Kier alpha value is 0. The van der Waals surface area contributed by atoms with E-state index >= 15 is 0 Å². The summed E-state index contributed by atoms with van der Waals surface area (Å²) < 4.78 is 0. The lowest BCUT2D eigenvalue weighted by Crippen LogP contribution is -2.31. The van der Waals surface area contributed by atoms with Gasteiger partial charge in [0.05, 0.1) is 0 Å². The predicted octanol–water partition coefficient (Wildman–Crippen LogP) is 5.03. The smallest absolute Gasteiger partial charge is 0.0326 e. The van der Waals surface area contributed by atoms with Crippen LogP contribution in [0.5, 0.6) is 0 Å². The summed E-state index contributed by atoms with van der Waals surface area (Å²) in [6.07, 6.45) is 10.2. The summed E-state index contributed by atoms with van der Waals surface area (Å²) in [5.74, 6) is 2.00. The lowest BCUT2D eigenvalue weighted by atomic mass is 9.65. The van der Waals surface area contributed by atoms with Crippen LogP contribution in [-0.4, -0.2) is 0 Å². The third-order valence-corrected chi connectivity index (χ3v) is 4.57. The minimum absolute atomic E-state index is 0.566. The van der Waals surface area contributed by atoms with Crippen molar-refractivity contribution in [3.63, 3.8) is 0 Å². The fourth-order valence-corrected chi connectivity index (χ4v) is 3.32. The number of rotatable bonds is 4. The monoisotopic (exact) mass is 196 g/mol. The van der Waals surface area contributed by atoms with Gasteiger partial charge in [-0.25, -0.2) is 0 Å². The molecular weight excluding hydrogens is 168 g/mol. The third kappa shape index (κ3) is 2.74. The van der Waals surface area contributed by atoms with Crippen LogP contribution in [0.2, 0.25) is 0 Å². The predicted molar refractivity (Wildman–Crippen MR) is 64.4 cm³/mol. The van der Waals surface area contributed by atoms with E-state index in [4.69, 9.17) is 0 Å². The Bertz CT molecular complexity index is 151. The second kappa shape index (κ2) is 5.19. The van der Waals surface area contributed by atoms with Gasteiger partial charge in [0.15, 0.2) is 0 Å². The molecule has 0 aromatic rings. The second-order valence-electron chi connectivity index (χ2n) is 5.75. The SMILES string of the molecule is CCC(C1CCCCC1)C(C)(C)CC. The Balaban J connectivity index is 2.59. The van der Waals surface area contributed by atoms with E-state index in [9.17, 15) is 0 Å². The van der Waals surface area contributed by atoms with Crippen molar-refractivity contribution in [2.45, 2.75) is 72.6 Å². The molecule has 0 heterocycles. The quantitative estimate of drug-likeness (QED) is 0.591. The first kappa shape index (κ1) is 12.1. The van der Waals surface area contributed by atoms with Crippen molar-refractivity contribution in [1.82, 2.24) is 0 Å². The average Bonchev–Trinajstić information content (AvgIpc) is 2.20. The van der Waals surface area contributed by atoms with Gasteiger partial charge in [0.2, 0.25) is 0 Å². The zero-order valence-electron chi connectivity index (χ0n) is 10.6. The van der Waals surface area contributed by atoms with Gasteiger partial charge >= 0.3 is 0 Å². The molecule has 0 spiro atoms. The standard InChI is InChI=1S/C14H28/c1-5-13(14(3,4)6-2)12-10-8-7-9-11-12/h12-13H,5-11H2,1-4H3. The Kier molecular flexibility index (Phi) is 4.47. The van der Waals surface area contributed by atoms with E-state index in [0.717, 1.165) is 11.8 Å². The Morgan fingerprint density at radius 3 is 2.07 bits per heavy atom. The van der Waals surface area contributed by atoms with Crippen LogP contribution >= 0.6 is 0 Å². The maximum Gasteiger partial charge on any atom is -0.0326 e. The number of hydrogen-bond donors (Lipinski definition) is 0. The summed E-state index contributed by atoms with van der Waals surface area (Å²) >= 11 is 0. The molecule has 0 aromatic carbocycles. The van der Waals surface area contributed by atoms with Gasteiger partial charge < -0.3 is 0 Å². The molecule has 1 unspecified atom stereocenters. The maximum atomic E-state index is 2.47. The molecule has 0 heteroatoms. The van der Waals surface area contributed by atoms with Crippen LogP contribution in [0.4, 0.5) is 0 Å². The molecule has 0 radical (unpaired) electrons. The normalized spacial score (nSPS) is 22.3. The molecule has 1 saturated carbocycles. The topological polar surface area (TPSA) is 0 Å². The Labute approximate surface area is 90.5 Å². The van der Waals surface area contributed by atoms with Gasteiger partial charge in [0, 0.05) is 0 Å². The van der Waals surface area contributed by atoms with Gasteiger partial charge in [0.1, 0.15) is 0 Å². The molecule has 0 N–H and O–H groups in total. The molecule has 1 fully saturated rings. The fourth-order valence-electron chi connectivity index (χ4n) is 3.32. The van der Waals surface area contributed by atoms with Gasteiger partial charge in [-0.1, -0.05) is 72.6 Å². The van der Waals surface area contributed by atoms with Crippen molar-refractivity contribution in [2.75, 3.05) is 0 Å². The average molecular weight is 196 g/mol. The molecule has 0 aromatic heterocycles. The molecule has 84 valence electrons. The lowest BCUT2D eigenvalue weighted by molar-refractivity contribution is 0.100. The van der Waals surface area contributed by atoms with Crippen LogP contribution in [0.15, 0.2) is 0 Å². The summed E-state index contributed by atoms with van der Waals surface area (Å²) in [6, 6.07) is 0. The summed E-state index contributed by atoms with van der Waals surface area (Å²) in [5.41, 5.74) is 0.566. The highest BCUT2D eigenvalue weighted by molar-refractivity contribution is 4.83. The van der Waals surface area contributed by atoms with Crippen molar-refractivity contribution >= 4 is 0 Å². The molecule has 0 aliphatic heterocycles. The fraction of sp³-hybridized carbons (Fsp3) is 1.00. The van der Waals surface area contributed by atoms with E-state index in [2.05, 4.69) is 27.7 Å². The lowest BCUT2D eigenvalue weighted by Gasteiger charge is -2.40. The third-order valence-electron chi connectivity index (χ3n) is 4.57. The zero-order valence-corrected chi connectivity index (χ0v) is 10.6. The summed E-state index contributed by atoms with van der Waals surface area (Å²) in [5, 5.41) is 0. The van der Waals surface area contributed by atoms with Crippen molar-refractivity contribution in [1.29, 1.82) is 0 Å². The molecule has 1 atom stereocenters. The van der Waals surface area contributed by atoms with Crippen molar-refractivity contribution in [3.05, 3.63) is 0 Å². The molecular formula is C14H28. The highest BCUT2D eigenvalue weighted by Crippen LogP contribution is 2.43. The van der Waals surface area contributed by atoms with E-state index in [1.54, 1.807) is 0 Å². The highest BCUT2D eigenvalue weighted by Gasteiger charge is 2.33. The summed E-state index contributed by atoms with van der Waals surface area (Å²) in [4.78, 5) is 0. The summed E-state index contributed by atoms with van der Waals surface area (Å²) in [7, 11) is 0. The van der Waals surface area contributed by atoms with Crippen molar-refractivity contribution in [3.8, 4) is 0 Å². The van der Waals surface area contributed by atoms with Crippen LogP contribution in [0.3, 0.4) is 0 Å².